The first-order chi connectivity index (χ1) is 5.86. The van der Waals surface area contributed by atoms with Gasteiger partial charge in [0.05, 0.1) is 0 Å². The minimum Gasteiger partial charge on any atom is -0.299 e. The summed E-state index contributed by atoms with van der Waals surface area (Å²) in [7, 11) is 0. The summed E-state index contributed by atoms with van der Waals surface area (Å²) >= 11 is 0. The normalized spacial score (nSPS) is 21.2. The highest BCUT2D eigenvalue weighted by molar-refractivity contribution is 5.88. The molecular formula is C10H9NO. The van der Waals surface area contributed by atoms with E-state index in [-0.39, 0.29) is 5.78 Å². The number of hydrogen-bond donors (Lipinski definition) is 0. The van der Waals surface area contributed by atoms with Crippen molar-refractivity contribution in [1.82, 2.24) is 0 Å². The van der Waals surface area contributed by atoms with Crippen molar-refractivity contribution in [2.75, 3.05) is 0 Å². The quantitative estimate of drug-likeness (QED) is 0.530. The molecule has 0 aromatic heterocycles. The lowest BCUT2D eigenvalue weighted by molar-refractivity contribution is -0.117. The standard InChI is InChI=1S/C10H9NO/c12-10-2-1-8-3-5-11-6-4-9(8)7-10/h1,3-6H,2,7H2. The Hall–Kier alpha value is -1.44. The van der Waals surface area contributed by atoms with Crippen LogP contribution in [0.4, 0.5) is 0 Å². The van der Waals surface area contributed by atoms with E-state index < -0.39 is 0 Å². The number of carbonyl (C=O) groups excluding carboxylic acids is 1. The van der Waals surface area contributed by atoms with E-state index in [0.717, 1.165) is 11.1 Å². The topological polar surface area (TPSA) is 29.4 Å². The molecule has 2 rings (SSSR count). The Labute approximate surface area is 71.0 Å². The second-order valence-corrected chi connectivity index (χ2v) is 2.88. The van der Waals surface area contributed by atoms with Crippen molar-refractivity contribution in [2.24, 2.45) is 4.99 Å². The van der Waals surface area contributed by atoms with Crippen LogP contribution in [-0.2, 0) is 4.79 Å². The van der Waals surface area contributed by atoms with Gasteiger partial charge in [0.25, 0.3) is 0 Å². The maximum absolute atomic E-state index is 11.1. The molecular weight excluding hydrogens is 150 g/mol. The van der Waals surface area contributed by atoms with Crippen molar-refractivity contribution in [3.63, 3.8) is 0 Å². The summed E-state index contributed by atoms with van der Waals surface area (Å²) in [5.41, 5.74) is 2.23. The second-order valence-electron chi connectivity index (χ2n) is 2.88. The molecule has 0 aromatic rings. The molecule has 0 saturated heterocycles. The van der Waals surface area contributed by atoms with Crippen LogP contribution in [0.5, 0.6) is 0 Å². The first-order valence-corrected chi connectivity index (χ1v) is 3.97. The third-order valence-electron chi connectivity index (χ3n) is 2.01. The minimum absolute atomic E-state index is 0.286. The highest BCUT2D eigenvalue weighted by Crippen LogP contribution is 2.23. The molecule has 0 unspecified atom stereocenters. The van der Waals surface area contributed by atoms with E-state index in [1.165, 1.54) is 0 Å². The van der Waals surface area contributed by atoms with Gasteiger partial charge in [-0.25, -0.2) is 0 Å². The first kappa shape index (κ1) is 7.22. The Balaban J connectivity index is 2.41. The molecule has 1 aliphatic carbocycles. The smallest absolute Gasteiger partial charge is 0.141 e. The summed E-state index contributed by atoms with van der Waals surface area (Å²) < 4.78 is 0. The van der Waals surface area contributed by atoms with Gasteiger partial charge in [0.1, 0.15) is 5.78 Å². The molecule has 0 fully saturated rings. The summed E-state index contributed by atoms with van der Waals surface area (Å²) in [5, 5.41) is 0. The summed E-state index contributed by atoms with van der Waals surface area (Å²) in [5.74, 6) is 0.286. The molecule has 12 heavy (non-hydrogen) atoms. The molecule has 0 spiro atoms. The highest BCUT2D eigenvalue weighted by Gasteiger charge is 2.13. The molecule has 2 aliphatic rings. The van der Waals surface area contributed by atoms with Gasteiger partial charge in [0.15, 0.2) is 0 Å². The zero-order valence-electron chi connectivity index (χ0n) is 6.66. The van der Waals surface area contributed by atoms with Crippen LogP contribution in [0.2, 0.25) is 0 Å². The molecule has 2 nitrogen and oxygen atoms in total. The van der Waals surface area contributed by atoms with Gasteiger partial charge >= 0.3 is 0 Å². The molecule has 0 radical (unpaired) electrons. The van der Waals surface area contributed by atoms with Crippen LogP contribution in [0.3, 0.4) is 0 Å². The van der Waals surface area contributed by atoms with Gasteiger partial charge in [-0.2, -0.15) is 0 Å². The van der Waals surface area contributed by atoms with Crippen LogP contribution in [0, 0.1) is 0 Å². The number of carbonyl (C=O) groups is 1. The van der Waals surface area contributed by atoms with Gasteiger partial charge in [-0.05, 0) is 23.3 Å². The molecule has 0 bridgehead atoms. The molecule has 0 saturated carbocycles. The van der Waals surface area contributed by atoms with Gasteiger partial charge in [-0.1, -0.05) is 6.08 Å². The number of hydrogen-bond acceptors (Lipinski definition) is 2. The molecule has 0 aromatic carbocycles. The summed E-state index contributed by atoms with van der Waals surface area (Å²) in [6.07, 6.45) is 10.4. The zero-order chi connectivity index (χ0) is 8.39. The van der Waals surface area contributed by atoms with Crippen molar-refractivity contribution in [3.05, 3.63) is 35.6 Å². The minimum atomic E-state index is 0.286. The van der Waals surface area contributed by atoms with E-state index in [1.807, 2.05) is 18.2 Å². The Morgan fingerprint density at radius 2 is 2.33 bits per heavy atom. The van der Waals surface area contributed by atoms with E-state index in [0.29, 0.717) is 12.8 Å². The van der Waals surface area contributed by atoms with Crippen molar-refractivity contribution in [1.29, 1.82) is 0 Å². The number of rotatable bonds is 0. The van der Waals surface area contributed by atoms with Crippen molar-refractivity contribution in [2.45, 2.75) is 12.8 Å². The summed E-state index contributed by atoms with van der Waals surface area (Å²) in [4.78, 5) is 15.1. The maximum atomic E-state index is 11.1. The van der Waals surface area contributed by atoms with E-state index >= 15 is 0 Å². The Morgan fingerprint density at radius 3 is 3.25 bits per heavy atom. The first-order valence-electron chi connectivity index (χ1n) is 3.97. The zero-order valence-corrected chi connectivity index (χ0v) is 6.66. The lowest BCUT2D eigenvalue weighted by Crippen LogP contribution is -2.05. The van der Waals surface area contributed by atoms with E-state index in [1.54, 1.807) is 12.4 Å². The molecule has 1 heterocycles. The van der Waals surface area contributed by atoms with Crippen LogP contribution >= 0.6 is 0 Å². The largest absolute Gasteiger partial charge is 0.299 e. The van der Waals surface area contributed by atoms with Crippen molar-refractivity contribution >= 4 is 12.0 Å². The molecule has 0 atom stereocenters. The number of allylic oxidation sites excluding steroid dienone is 5. The van der Waals surface area contributed by atoms with Crippen LogP contribution in [0.25, 0.3) is 0 Å². The van der Waals surface area contributed by atoms with Crippen LogP contribution in [0.1, 0.15) is 12.8 Å². The summed E-state index contributed by atoms with van der Waals surface area (Å²) in [6.45, 7) is 0. The van der Waals surface area contributed by atoms with Gasteiger partial charge in [-0.3, -0.25) is 9.79 Å². The number of Topliss-reactive ketones (excluding diaryl/α,β-unsaturated/α-hetero) is 1. The lowest BCUT2D eigenvalue weighted by Gasteiger charge is -2.11. The third kappa shape index (κ3) is 1.28. The van der Waals surface area contributed by atoms with E-state index in [9.17, 15) is 4.79 Å². The fraction of sp³-hybridized carbons (Fsp3) is 0.200. The van der Waals surface area contributed by atoms with Crippen LogP contribution < -0.4 is 0 Å². The molecule has 0 amide bonds. The van der Waals surface area contributed by atoms with Crippen LogP contribution in [-0.4, -0.2) is 12.0 Å². The number of ketones is 1. The number of nitrogens with zero attached hydrogens (tertiary/aromatic N) is 1. The van der Waals surface area contributed by atoms with E-state index in [2.05, 4.69) is 4.99 Å². The SMILES string of the molecule is O=C1CC=C2C=CN=CC=C2C1. The molecule has 2 heteroatoms. The highest BCUT2D eigenvalue weighted by atomic mass is 16.1. The van der Waals surface area contributed by atoms with Gasteiger partial charge < -0.3 is 0 Å². The number of aliphatic imine (C=N–C) groups is 1. The lowest BCUT2D eigenvalue weighted by atomic mass is 9.93. The van der Waals surface area contributed by atoms with Gasteiger partial charge in [-0.15, -0.1) is 0 Å². The molecule has 0 N–H and O–H groups in total. The Kier molecular flexibility index (Phi) is 1.74. The fourth-order valence-electron chi connectivity index (χ4n) is 1.38. The predicted molar refractivity (Wildman–Crippen MR) is 48.0 cm³/mol. The Morgan fingerprint density at radius 1 is 1.42 bits per heavy atom. The van der Waals surface area contributed by atoms with Crippen molar-refractivity contribution in [3.8, 4) is 0 Å². The fourth-order valence-corrected chi connectivity index (χ4v) is 1.38. The van der Waals surface area contributed by atoms with Crippen molar-refractivity contribution < 1.29 is 4.79 Å². The second kappa shape index (κ2) is 2.89. The third-order valence-corrected chi connectivity index (χ3v) is 2.01. The monoisotopic (exact) mass is 159 g/mol. The van der Waals surface area contributed by atoms with Gasteiger partial charge in [0.2, 0.25) is 0 Å². The number of fused-ring (bicyclic) bond motifs is 1. The van der Waals surface area contributed by atoms with Crippen LogP contribution in [0.15, 0.2) is 40.6 Å². The predicted octanol–water partition coefficient (Wildman–Crippen LogP) is 1.80. The average molecular weight is 159 g/mol. The van der Waals surface area contributed by atoms with Gasteiger partial charge in [0, 0.05) is 25.3 Å². The molecule has 60 valence electrons. The Bertz CT molecular complexity index is 332. The molecule has 1 aliphatic heterocycles. The average Bonchev–Trinajstić information content (AvgIpc) is 2.28. The summed E-state index contributed by atoms with van der Waals surface area (Å²) in [6, 6.07) is 0. The van der Waals surface area contributed by atoms with E-state index in [4.69, 9.17) is 0 Å². The maximum Gasteiger partial charge on any atom is 0.141 e.